The van der Waals surface area contributed by atoms with Crippen molar-refractivity contribution in [3.8, 4) is 0 Å². The molecule has 0 saturated heterocycles. The minimum atomic E-state index is -0.327. The predicted molar refractivity (Wildman–Crippen MR) is 78.3 cm³/mol. The van der Waals surface area contributed by atoms with E-state index in [4.69, 9.17) is 0 Å². The smallest absolute Gasteiger partial charge is 0.269 e. The number of carbonyl (C=O) groups excluding carboxylic acids is 1. The number of hydrogen-bond donors (Lipinski definition) is 0. The van der Waals surface area contributed by atoms with Crippen molar-refractivity contribution in [2.24, 2.45) is 0 Å². The van der Waals surface area contributed by atoms with Crippen LogP contribution in [0.3, 0.4) is 0 Å². The highest BCUT2D eigenvalue weighted by molar-refractivity contribution is 5.75. The van der Waals surface area contributed by atoms with Crippen LogP contribution < -0.4 is 10.5 Å². The van der Waals surface area contributed by atoms with Gasteiger partial charge in [-0.3, -0.25) is 9.59 Å². The van der Waals surface area contributed by atoms with Gasteiger partial charge in [-0.15, -0.1) is 0 Å². The van der Waals surface area contributed by atoms with Crippen molar-refractivity contribution < 1.29 is 9.42 Å². The Balaban J connectivity index is 2.05. The van der Waals surface area contributed by atoms with E-state index in [-0.39, 0.29) is 24.6 Å². The van der Waals surface area contributed by atoms with E-state index in [0.29, 0.717) is 17.1 Å². The molecule has 0 saturated carbocycles. The third-order valence-electron chi connectivity index (χ3n) is 3.22. The summed E-state index contributed by atoms with van der Waals surface area (Å²) < 4.78 is 5.71. The average molecular weight is 306 g/mol. The van der Waals surface area contributed by atoms with E-state index in [9.17, 15) is 9.59 Å². The second kappa shape index (κ2) is 6.37. The van der Waals surface area contributed by atoms with Gasteiger partial charge in [0.1, 0.15) is 17.9 Å². The van der Waals surface area contributed by atoms with E-state index in [1.54, 1.807) is 25.1 Å². The van der Waals surface area contributed by atoms with Crippen LogP contribution >= 0.6 is 0 Å². The van der Waals surface area contributed by atoms with Gasteiger partial charge in [-0.25, -0.2) is 9.31 Å². The highest BCUT2D eigenvalue weighted by Crippen LogP contribution is 2.06. The Morgan fingerprint density at radius 1 is 1.32 bits per heavy atom. The van der Waals surface area contributed by atoms with Crippen LogP contribution in [-0.4, -0.2) is 52.0 Å². The largest absolute Gasteiger partial charge is 0.376 e. The van der Waals surface area contributed by atoms with E-state index < -0.39 is 0 Å². The van der Waals surface area contributed by atoms with E-state index in [0.717, 1.165) is 4.68 Å². The van der Waals surface area contributed by atoms with Crippen molar-refractivity contribution in [3.05, 3.63) is 34.0 Å². The van der Waals surface area contributed by atoms with Crippen LogP contribution in [0.15, 0.2) is 21.7 Å². The van der Waals surface area contributed by atoms with Crippen molar-refractivity contribution in [1.82, 2.24) is 25.0 Å². The third-order valence-corrected chi connectivity index (χ3v) is 3.22. The molecule has 2 aromatic heterocycles. The number of rotatable bonds is 5. The summed E-state index contributed by atoms with van der Waals surface area (Å²) in [5.41, 5.74) is 1.57. The summed E-state index contributed by atoms with van der Waals surface area (Å²) in [5.74, 6) is -0.255. The third kappa shape index (κ3) is 3.48. The number of nitrogens with zero attached hydrogens (tertiary/aromatic N) is 6. The van der Waals surface area contributed by atoms with Crippen molar-refractivity contribution in [2.45, 2.75) is 20.0 Å². The van der Waals surface area contributed by atoms with Gasteiger partial charge < -0.3 is 9.80 Å². The Bertz CT molecular complexity index is 721. The zero-order valence-corrected chi connectivity index (χ0v) is 13.0. The first-order valence-electron chi connectivity index (χ1n) is 6.65. The fourth-order valence-electron chi connectivity index (χ4n) is 1.74. The first-order chi connectivity index (χ1) is 10.4. The fourth-order valence-corrected chi connectivity index (χ4v) is 1.74. The molecule has 0 aliphatic heterocycles. The number of aromatic nitrogens is 4. The lowest BCUT2D eigenvalue weighted by atomic mass is 10.3. The van der Waals surface area contributed by atoms with Crippen LogP contribution in [0.2, 0.25) is 0 Å². The molecule has 118 valence electrons. The van der Waals surface area contributed by atoms with Crippen LogP contribution in [-0.2, 0) is 17.9 Å². The quantitative estimate of drug-likeness (QED) is 0.745. The summed E-state index contributed by atoms with van der Waals surface area (Å²) in [7, 11) is 5.25. The molecule has 0 bridgehead atoms. The molecule has 2 heterocycles. The van der Waals surface area contributed by atoms with Gasteiger partial charge in [0.15, 0.2) is 0 Å². The topological polar surface area (TPSA) is 97.4 Å². The maximum atomic E-state index is 12.2. The molecule has 0 unspecified atom stereocenters. The number of carbonyl (C=O) groups is 1. The molecule has 22 heavy (non-hydrogen) atoms. The van der Waals surface area contributed by atoms with Gasteiger partial charge in [0.2, 0.25) is 5.91 Å². The molecule has 9 nitrogen and oxygen atoms in total. The zero-order chi connectivity index (χ0) is 16.3. The average Bonchev–Trinajstić information content (AvgIpc) is 2.86. The van der Waals surface area contributed by atoms with E-state index in [2.05, 4.69) is 20.0 Å². The Kier molecular flexibility index (Phi) is 4.54. The molecule has 0 radical (unpaired) electrons. The lowest BCUT2D eigenvalue weighted by molar-refractivity contribution is -0.131. The summed E-state index contributed by atoms with van der Waals surface area (Å²) >= 11 is 0. The molecule has 2 rings (SSSR count). The molecule has 9 heteroatoms. The summed E-state index contributed by atoms with van der Waals surface area (Å²) in [5, 5.41) is 11.4. The second-order valence-corrected chi connectivity index (χ2v) is 5.15. The molecule has 0 N–H and O–H groups in total. The van der Waals surface area contributed by atoms with Crippen molar-refractivity contribution in [3.63, 3.8) is 0 Å². The highest BCUT2D eigenvalue weighted by Gasteiger charge is 2.15. The van der Waals surface area contributed by atoms with Crippen LogP contribution in [0.25, 0.3) is 0 Å². The monoisotopic (exact) mass is 306 g/mol. The normalized spacial score (nSPS) is 10.5. The standard InChI is InChI=1S/C13H18N6O3/c1-9-11(16-22-15-9)7-18(4)13(21)8-19-12(20)5-10(6-14-19)17(2)3/h5-6H,7-8H2,1-4H3. The lowest BCUT2D eigenvalue weighted by Gasteiger charge is -2.16. The predicted octanol–water partition coefficient (Wildman–Crippen LogP) is -0.341. The molecule has 2 aromatic rings. The Morgan fingerprint density at radius 2 is 2.05 bits per heavy atom. The van der Waals surface area contributed by atoms with Gasteiger partial charge in [-0.2, -0.15) is 5.10 Å². The SMILES string of the molecule is Cc1nonc1CN(C)C(=O)Cn1ncc(N(C)C)cc1=O. The van der Waals surface area contributed by atoms with Gasteiger partial charge in [-0.05, 0) is 6.92 Å². The van der Waals surface area contributed by atoms with Gasteiger partial charge in [0, 0.05) is 27.2 Å². The summed E-state index contributed by atoms with van der Waals surface area (Å²) in [6.07, 6.45) is 1.54. The number of amides is 1. The van der Waals surface area contributed by atoms with Crippen molar-refractivity contribution in [1.29, 1.82) is 0 Å². The van der Waals surface area contributed by atoms with E-state index >= 15 is 0 Å². The van der Waals surface area contributed by atoms with Crippen molar-refractivity contribution >= 4 is 11.6 Å². The lowest BCUT2D eigenvalue weighted by Crippen LogP contribution is -2.35. The maximum absolute atomic E-state index is 12.2. The second-order valence-electron chi connectivity index (χ2n) is 5.15. The zero-order valence-electron chi connectivity index (χ0n) is 13.0. The maximum Gasteiger partial charge on any atom is 0.269 e. The molecule has 0 spiro atoms. The van der Waals surface area contributed by atoms with E-state index in [1.807, 2.05) is 14.1 Å². The molecule has 1 amide bonds. The number of hydrogen-bond acceptors (Lipinski definition) is 7. The minimum absolute atomic E-state index is 0.132. The molecule has 0 aliphatic carbocycles. The Hall–Kier alpha value is -2.71. The summed E-state index contributed by atoms with van der Waals surface area (Å²) in [6, 6.07) is 1.44. The first-order valence-corrected chi connectivity index (χ1v) is 6.65. The van der Waals surface area contributed by atoms with Crippen LogP contribution in [0, 0.1) is 6.92 Å². The molecule has 0 atom stereocenters. The Morgan fingerprint density at radius 3 is 2.59 bits per heavy atom. The van der Waals surface area contributed by atoms with Gasteiger partial charge >= 0.3 is 0 Å². The van der Waals surface area contributed by atoms with Crippen molar-refractivity contribution in [2.75, 3.05) is 26.0 Å². The number of aryl methyl sites for hydroxylation is 1. The van der Waals surface area contributed by atoms with Crippen LogP contribution in [0.4, 0.5) is 5.69 Å². The van der Waals surface area contributed by atoms with Gasteiger partial charge in [0.25, 0.3) is 5.56 Å². The van der Waals surface area contributed by atoms with Crippen LogP contribution in [0.1, 0.15) is 11.4 Å². The fraction of sp³-hybridized carbons (Fsp3) is 0.462. The molecular formula is C13H18N6O3. The van der Waals surface area contributed by atoms with E-state index in [1.165, 1.54) is 11.0 Å². The minimum Gasteiger partial charge on any atom is -0.376 e. The summed E-state index contributed by atoms with van der Waals surface area (Å²) in [4.78, 5) is 27.3. The van der Waals surface area contributed by atoms with Crippen LogP contribution in [0.5, 0.6) is 0 Å². The molecular weight excluding hydrogens is 288 g/mol. The summed E-state index contributed by atoms with van der Waals surface area (Å²) in [6.45, 7) is 1.88. The Labute approximate surface area is 127 Å². The highest BCUT2D eigenvalue weighted by atomic mass is 16.6. The molecule has 0 aromatic carbocycles. The number of likely N-dealkylation sites (N-methyl/N-ethyl adjacent to an activating group) is 1. The molecule has 0 fully saturated rings. The van der Waals surface area contributed by atoms with Gasteiger partial charge in [0.05, 0.1) is 18.4 Å². The molecule has 0 aliphatic rings. The first kappa shape index (κ1) is 15.7. The van der Waals surface area contributed by atoms with Gasteiger partial charge in [-0.1, -0.05) is 10.3 Å². The number of anilines is 1.